The number of hydrogen-bond donors (Lipinski definition) is 4. The lowest BCUT2D eigenvalue weighted by Gasteiger charge is -2.25. The van der Waals surface area contributed by atoms with E-state index in [0.717, 1.165) is 18.4 Å². The third kappa shape index (κ3) is 17.8. The molecule has 0 amide bonds. The normalized spacial score (nSPS) is 15.0. The van der Waals surface area contributed by atoms with Crippen molar-refractivity contribution in [2.45, 2.75) is 139 Å². The van der Waals surface area contributed by atoms with E-state index in [-0.39, 0.29) is 23.4 Å². The van der Waals surface area contributed by atoms with Crippen molar-refractivity contribution < 1.29 is 38.2 Å². The van der Waals surface area contributed by atoms with Crippen molar-refractivity contribution in [1.82, 2.24) is 14.6 Å². The predicted molar refractivity (Wildman–Crippen MR) is 212 cm³/mol. The maximum atomic E-state index is 12.9. The van der Waals surface area contributed by atoms with Crippen LogP contribution >= 0.6 is 19.6 Å². The molecule has 302 valence electrons. The second-order valence-electron chi connectivity index (χ2n) is 13.7. The molecule has 0 saturated carbocycles. The van der Waals surface area contributed by atoms with Crippen LogP contribution in [0.4, 0.5) is 5.82 Å². The van der Waals surface area contributed by atoms with Gasteiger partial charge in [-0.25, -0.2) is 14.1 Å². The number of phosphoric acid groups is 1. The van der Waals surface area contributed by atoms with E-state index >= 15 is 0 Å². The minimum atomic E-state index is -4.67. The van der Waals surface area contributed by atoms with Gasteiger partial charge in [0.15, 0.2) is 11.9 Å². The number of aromatic nitrogens is 3. The maximum Gasteiger partial charge on any atom is 0.472 e. The van der Waals surface area contributed by atoms with Gasteiger partial charge in [0, 0.05) is 12.4 Å². The fraction of sp³-hybridized carbons (Fsp3) is 0.667. The number of rotatable bonds is 32. The molecule has 3 aromatic rings. The third-order valence-electron chi connectivity index (χ3n) is 9.32. The molecule has 0 bridgehead atoms. The molecule has 0 aliphatic rings. The van der Waals surface area contributed by atoms with Crippen molar-refractivity contribution in [3.05, 3.63) is 60.0 Å². The number of thioether (sulfide) groups is 1. The van der Waals surface area contributed by atoms with E-state index in [1.807, 2.05) is 30.3 Å². The molecule has 15 heteroatoms. The summed E-state index contributed by atoms with van der Waals surface area (Å²) in [7, 11) is -4.67. The Hall–Kier alpha value is -2.73. The molecule has 54 heavy (non-hydrogen) atoms. The number of aliphatic hydroxyl groups excluding tert-OH is 2. The van der Waals surface area contributed by atoms with Gasteiger partial charge >= 0.3 is 7.82 Å². The number of unbranched alkanes of at least 4 members (excludes halogenated alkanes) is 15. The van der Waals surface area contributed by atoms with Gasteiger partial charge in [-0.05, 0) is 24.1 Å². The Kier molecular flexibility index (Phi) is 22.8. The molecule has 0 spiro atoms. The molecule has 0 aliphatic carbocycles. The highest BCUT2D eigenvalue weighted by atomic mass is 32.2. The van der Waals surface area contributed by atoms with Crippen LogP contribution < -0.4 is 5.73 Å². The highest BCUT2D eigenvalue weighted by Crippen LogP contribution is 2.44. The molecule has 0 fully saturated rings. The Morgan fingerprint density at radius 3 is 2.06 bits per heavy atom. The van der Waals surface area contributed by atoms with Gasteiger partial charge in [-0.1, -0.05) is 134 Å². The van der Waals surface area contributed by atoms with E-state index in [2.05, 4.69) is 17.0 Å². The van der Waals surface area contributed by atoms with Gasteiger partial charge < -0.3 is 30.3 Å². The largest absolute Gasteiger partial charge is 0.472 e. The smallest absolute Gasteiger partial charge is 0.419 e. The summed E-state index contributed by atoms with van der Waals surface area (Å²) in [5.41, 5.74) is 7.49. The summed E-state index contributed by atoms with van der Waals surface area (Å²) in [6.07, 6.45) is 18.6. The van der Waals surface area contributed by atoms with Crippen LogP contribution in [0.25, 0.3) is 5.52 Å². The number of hydrogen-bond acceptors (Lipinski definition) is 12. The number of aliphatic hydroxyl groups is 2. The molecular formula is C39H62N5O8PS. The van der Waals surface area contributed by atoms with Gasteiger partial charge in [-0.2, -0.15) is 10.4 Å². The van der Waals surface area contributed by atoms with Crippen LogP contribution in [0.2, 0.25) is 0 Å². The first-order chi connectivity index (χ1) is 26.3. The van der Waals surface area contributed by atoms with Crippen molar-refractivity contribution >= 4 is 30.9 Å². The van der Waals surface area contributed by atoms with Crippen molar-refractivity contribution in [1.29, 1.82) is 5.26 Å². The lowest BCUT2D eigenvalue weighted by Crippen LogP contribution is -2.37. The first-order valence-electron chi connectivity index (χ1n) is 19.6. The second kappa shape index (κ2) is 27.0. The number of fused-ring (bicyclic) bond motifs is 1. The molecule has 2 aromatic heterocycles. The second-order valence-corrected chi connectivity index (χ2v) is 16.5. The minimum Gasteiger partial charge on any atom is -0.419 e. The maximum absolute atomic E-state index is 12.9. The number of nitriles is 1. The number of nitrogens with zero attached hydrogens (tertiary/aromatic N) is 4. The molecule has 0 aliphatic heterocycles. The zero-order valence-electron chi connectivity index (χ0n) is 31.9. The van der Waals surface area contributed by atoms with E-state index in [1.54, 1.807) is 17.8 Å². The average molecular weight is 792 g/mol. The zero-order chi connectivity index (χ0) is 38.9. The molecule has 5 N–H and O–H groups in total. The van der Waals surface area contributed by atoms with Gasteiger partial charge in [0.05, 0.1) is 30.8 Å². The van der Waals surface area contributed by atoms with E-state index in [1.165, 1.54) is 113 Å². The molecule has 2 heterocycles. The number of anilines is 1. The van der Waals surface area contributed by atoms with Crippen molar-refractivity contribution in [2.75, 3.05) is 32.2 Å². The van der Waals surface area contributed by atoms with E-state index in [4.69, 9.17) is 29.5 Å². The van der Waals surface area contributed by atoms with Crippen molar-refractivity contribution in [3.63, 3.8) is 0 Å². The molecule has 13 nitrogen and oxygen atoms in total. The Bertz CT molecular complexity index is 1510. The van der Waals surface area contributed by atoms with Gasteiger partial charge in [0.2, 0.25) is 0 Å². The lowest BCUT2D eigenvalue weighted by atomic mass is 10.0. The summed E-state index contributed by atoms with van der Waals surface area (Å²) in [5.74, 6) is 0.816. The molecular weight excluding hydrogens is 729 g/mol. The van der Waals surface area contributed by atoms with Gasteiger partial charge in [0.1, 0.15) is 24.1 Å². The summed E-state index contributed by atoms with van der Waals surface area (Å²) in [6.45, 7) is 2.31. The SMILES string of the molecule is CCCCCCCCCCCCCCCCCCOC[C@H](COP(=O)(O)OC[C@@H](OC#N)[C@@H](O)[C@@H](O)c1ccc2c(N)ncnn12)SCc1ccccc1. The first kappa shape index (κ1) is 45.7. The average Bonchev–Trinajstić information content (AvgIpc) is 3.62. The summed E-state index contributed by atoms with van der Waals surface area (Å²) < 4.78 is 35.6. The fourth-order valence-corrected chi connectivity index (χ4v) is 7.98. The summed E-state index contributed by atoms with van der Waals surface area (Å²) in [4.78, 5) is 14.4. The number of phosphoric ester groups is 1. The quantitative estimate of drug-likeness (QED) is 0.0268. The summed E-state index contributed by atoms with van der Waals surface area (Å²) >= 11 is 1.55. The van der Waals surface area contributed by atoms with Gasteiger partial charge in [0.25, 0.3) is 6.26 Å². The Balaban J connectivity index is 1.36. The molecule has 0 radical (unpaired) electrons. The van der Waals surface area contributed by atoms with Crippen LogP contribution in [0.5, 0.6) is 0 Å². The van der Waals surface area contributed by atoms with Crippen molar-refractivity contribution in [3.8, 4) is 6.26 Å². The molecule has 5 atom stereocenters. The van der Waals surface area contributed by atoms with Crippen LogP contribution in [0.3, 0.4) is 0 Å². The zero-order valence-corrected chi connectivity index (χ0v) is 33.6. The minimum absolute atomic E-state index is 0.138. The van der Waals surface area contributed by atoms with Crippen LogP contribution in [0.1, 0.15) is 127 Å². The van der Waals surface area contributed by atoms with Crippen LogP contribution in [0.15, 0.2) is 48.8 Å². The Morgan fingerprint density at radius 1 is 0.852 bits per heavy atom. The predicted octanol–water partition coefficient (Wildman–Crippen LogP) is 8.29. The molecule has 3 rings (SSSR count). The monoisotopic (exact) mass is 791 g/mol. The molecule has 0 saturated heterocycles. The van der Waals surface area contributed by atoms with Crippen molar-refractivity contribution in [2.24, 2.45) is 0 Å². The topological polar surface area (TPSA) is 195 Å². The Morgan fingerprint density at radius 2 is 1.44 bits per heavy atom. The van der Waals surface area contributed by atoms with Gasteiger partial charge in [-0.3, -0.25) is 9.05 Å². The standard InChI is InChI=1S/C39H62N5O8PS/c1-2-3-4-5-6-7-8-9-10-11-12-13-14-15-16-20-25-49-26-33(54-29-32-21-18-17-19-22-32)27-51-53(47,48)52-28-36(50-30-40)38(46)37(45)34-23-24-35-39(41)42-31-43-44(34)35/h17-19,21-24,31,33,36-38,45-46H,2-16,20,25-29H2,1H3,(H,47,48)(H2,41,42,43)/t33-,36-,37+,38-/m1/s1. The van der Waals surface area contributed by atoms with E-state index < -0.39 is 32.7 Å². The van der Waals surface area contributed by atoms with Crippen LogP contribution in [0, 0.1) is 11.5 Å². The number of nitrogens with two attached hydrogens (primary N) is 1. The number of nitrogen functional groups attached to an aromatic ring is 1. The van der Waals surface area contributed by atoms with E-state index in [0.29, 0.717) is 24.5 Å². The first-order valence-corrected chi connectivity index (χ1v) is 22.1. The molecule has 1 unspecified atom stereocenters. The fourth-order valence-electron chi connectivity index (χ4n) is 6.13. The highest BCUT2D eigenvalue weighted by Gasteiger charge is 2.35. The number of benzene rings is 1. The van der Waals surface area contributed by atoms with E-state index in [9.17, 15) is 19.7 Å². The number of ether oxygens (including phenoxy) is 2. The third-order valence-corrected chi connectivity index (χ3v) is 11.5. The lowest BCUT2D eigenvalue weighted by molar-refractivity contribution is -0.0795. The van der Waals surface area contributed by atoms with Crippen LogP contribution in [-0.4, -0.2) is 73.6 Å². The van der Waals surface area contributed by atoms with Crippen LogP contribution in [-0.2, 0) is 28.8 Å². The van der Waals surface area contributed by atoms with Gasteiger partial charge in [-0.15, -0.1) is 11.8 Å². The summed E-state index contributed by atoms with van der Waals surface area (Å²) in [6, 6.07) is 12.9. The Labute approximate surface area is 325 Å². The summed E-state index contributed by atoms with van der Waals surface area (Å²) in [5, 5.41) is 34.7. The molecule has 1 aromatic carbocycles. The highest BCUT2D eigenvalue weighted by molar-refractivity contribution is 7.99.